The molecule has 0 aliphatic carbocycles. The number of hydrogen-bond acceptors (Lipinski definition) is 5. The smallest absolute Gasteiger partial charge is 0.258 e. The zero-order valence-corrected chi connectivity index (χ0v) is 18.4. The highest BCUT2D eigenvalue weighted by Gasteiger charge is 2.26. The second-order valence-corrected chi connectivity index (χ2v) is 9.47. The molecule has 0 saturated carbocycles. The minimum Gasteiger partial charge on any atom is -0.484 e. The van der Waals surface area contributed by atoms with Crippen LogP contribution in [-0.4, -0.2) is 51.5 Å². The highest BCUT2D eigenvalue weighted by Crippen LogP contribution is 2.21. The number of morpholine rings is 1. The number of hydrogen-bond donors (Lipinski definition) is 1. The Hall–Kier alpha value is -1.94. The standard InChI is InChI=1S/C20H23BrN2O5S/c1-15(16-2-4-17(21)5-3-16)22-20(24)14-28-18-6-8-19(9-7-18)29(25,26)23-10-12-27-13-11-23/h2-9,15H,10-14H2,1H3,(H,22,24)/t15-/m1/s1. The van der Waals surface area contributed by atoms with Gasteiger partial charge in [0.1, 0.15) is 5.75 Å². The van der Waals surface area contributed by atoms with Crippen LogP contribution in [-0.2, 0) is 19.6 Å². The van der Waals surface area contributed by atoms with Gasteiger partial charge >= 0.3 is 0 Å². The molecule has 1 fully saturated rings. The Bertz CT molecular complexity index is 926. The van der Waals surface area contributed by atoms with Gasteiger partial charge in [0.2, 0.25) is 10.0 Å². The first-order valence-corrected chi connectivity index (χ1v) is 11.4. The molecule has 1 N–H and O–H groups in total. The lowest BCUT2D eigenvalue weighted by Gasteiger charge is -2.26. The summed E-state index contributed by atoms with van der Waals surface area (Å²) in [5, 5.41) is 2.87. The lowest BCUT2D eigenvalue weighted by molar-refractivity contribution is -0.123. The van der Waals surface area contributed by atoms with Gasteiger partial charge in [-0.25, -0.2) is 8.42 Å². The van der Waals surface area contributed by atoms with Crippen LogP contribution in [0.2, 0.25) is 0 Å². The second kappa shape index (κ2) is 9.71. The fourth-order valence-electron chi connectivity index (χ4n) is 2.91. The van der Waals surface area contributed by atoms with Crippen molar-refractivity contribution in [3.63, 3.8) is 0 Å². The first-order chi connectivity index (χ1) is 13.9. The van der Waals surface area contributed by atoms with Crippen LogP contribution in [0.15, 0.2) is 57.9 Å². The van der Waals surface area contributed by atoms with Crippen LogP contribution in [0.4, 0.5) is 0 Å². The van der Waals surface area contributed by atoms with Gasteiger partial charge in [-0.3, -0.25) is 4.79 Å². The fourth-order valence-corrected chi connectivity index (χ4v) is 4.58. The molecule has 7 nitrogen and oxygen atoms in total. The van der Waals surface area contributed by atoms with Gasteiger partial charge in [-0.2, -0.15) is 4.31 Å². The van der Waals surface area contributed by atoms with Crippen LogP contribution in [0.5, 0.6) is 5.75 Å². The lowest BCUT2D eigenvalue weighted by atomic mass is 10.1. The molecule has 1 aliphatic heterocycles. The van der Waals surface area contributed by atoms with Gasteiger partial charge in [0.05, 0.1) is 24.2 Å². The number of benzene rings is 2. The van der Waals surface area contributed by atoms with E-state index in [0.29, 0.717) is 32.1 Å². The Morgan fingerprint density at radius 2 is 1.76 bits per heavy atom. The average Bonchev–Trinajstić information content (AvgIpc) is 2.73. The summed E-state index contributed by atoms with van der Waals surface area (Å²) < 4.78 is 38.3. The minimum atomic E-state index is -3.54. The van der Waals surface area contributed by atoms with Crippen LogP contribution in [0.25, 0.3) is 0 Å². The van der Waals surface area contributed by atoms with Crippen molar-refractivity contribution in [1.82, 2.24) is 9.62 Å². The molecule has 1 saturated heterocycles. The van der Waals surface area contributed by atoms with Crippen LogP contribution in [0.1, 0.15) is 18.5 Å². The van der Waals surface area contributed by atoms with Crippen molar-refractivity contribution in [2.24, 2.45) is 0 Å². The molecule has 29 heavy (non-hydrogen) atoms. The number of nitrogens with one attached hydrogen (secondary N) is 1. The number of ether oxygens (including phenoxy) is 2. The van der Waals surface area contributed by atoms with Crippen LogP contribution in [0, 0.1) is 0 Å². The number of rotatable bonds is 7. The summed E-state index contributed by atoms with van der Waals surface area (Å²) in [7, 11) is -3.54. The van der Waals surface area contributed by atoms with Gasteiger partial charge in [-0.15, -0.1) is 0 Å². The maximum absolute atomic E-state index is 12.6. The topological polar surface area (TPSA) is 84.9 Å². The number of halogens is 1. The SMILES string of the molecule is C[C@@H](NC(=O)COc1ccc(S(=O)(=O)N2CCOCC2)cc1)c1ccc(Br)cc1. The number of amides is 1. The van der Waals surface area contributed by atoms with E-state index in [0.717, 1.165) is 10.0 Å². The molecule has 1 atom stereocenters. The summed E-state index contributed by atoms with van der Waals surface area (Å²) in [5.74, 6) is 0.169. The maximum Gasteiger partial charge on any atom is 0.258 e. The normalized spacial score (nSPS) is 16.2. The molecular weight excluding hydrogens is 460 g/mol. The molecule has 1 heterocycles. The first-order valence-electron chi connectivity index (χ1n) is 9.22. The van der Waals surface area contributed by atoms with E-state index >= 15 is 0 Å². The summed E-state index contributed by atoms with van der Waals surface area (Å²) in [6.45, 7) is 3.22. The average molecular weight is 483 g/mol. The Morgan fingerprint density at radius 1 is 1.14 bits per heavy atom. The molecule has 3 rings (SSSR count). The van der Waals surface area contributed by atoms with Gasteiger partial charge < -0.3 is 14.8 Å². The predicted molar refractivity (Wildman–Crippen MR) is 112 cm³/mol. The molecular formula is C20H23BrN2O5S. The summed E-state index contributed by atoms with van der Waals surface area (Å²) in [6.07, 6.45) is 0. The molecule has 0 spiro atoms. The third-order valence-corrected chi connectivity index (χ3v) is 6.99. The van der Waals surface area contributed by atoms with E-state index in [9.17, 15) is 13.2 Å². The minimum absolute atomic E-state index is 0.153. The lowest BCUT2D eigenvalue weighted by Crippen LogP contribution is -2.40. The van der Waals surface area contributed by atoms with Gasteiger partial charge in [0.15, 0.2) is 6.61 Å². The Morgan fingerprint density at radius 3 is 2.38 bits per heavy atom. The summed E-state index contributed by atoms with van der Waals surface area (Å²) in [5.41, 5.74) is 0.985. The Kier molecular flexibility index (Phi) is 7.28. The van der Waals surface area contributed by atoms with Crippen molar-refractivity contribution in [1.29, 1.82) is 0 Å². The van der Waals surface area contributed by atoms with Gasteiger partial charge in [-0.05, 0) is 48.9 Å². The molecule has 0 bridgehead atoms. The number of carbonyl (C=O) groups excluding carboxylic acids is 1. The van der Waals surface area contributed by atoms with E-state index in [4.69, 9.17) is 9.47 Å². The number of carbonyl (C=O) groups is 1. The first kappa shape index (κ1) is 21.8. The predicted octanol–water partition coefficient (Wildman–Crippen LogP) is 2.73. The quantitative estimate of drug-likeness (QED) is 0.655. The van der Waals surface area contributed by atoms with E-state index < -0.39 is 10.0 Å². The summed E-state index contributed by atoms with van der Waals surface area (Å²) in [6, 6.07) is 13.6. The molecule has 1 amide bonds. The van der Waals surface area contributed by atoms with E-state index in [1.165, 1.54) is 16.4 Å². The molecule has 9 heteroatoms. The number of sulfonamides is 1. The molecule has 0 unspecified atom stereocenters. The summed E-state index contributed by atoms with van der Waals surface area (Å²) in [4.78, 5) is 12.3. The fraction of sp³-hybridized carbons (Fsp3) is 0.350. The highest BCUT2D eigenvalue weighted by molar-refractivity contribution is 9.10. The van der Waals surface area contributed by atoms with Crippen molar-refractivity contribution < 1.29 is 22.7 Å². The molecule has 1 aliphatic rings. The van der Waals surface area contributed by atoms with Crippen molar-refractivity contribution >= 4 is 31.9 Å². The second-order valence-electron chi connectivity index (χ2n) is 6.62. The number of nitrogens with zero attached hydrogens (tertiary/aromatic N) is 1. The molecule has 0 radical (unpaired) electrons. The van der Waals surface area contributed by atoms with Crippen molar-refractivity contribution in [3.05, 3.63) is 58.6 Å². The van der Waals surface area contributed by atoms with Crippen LogP contribution in [0.3, 0.4) is 0 Å². The van der Waals surface area contributed by atoms with E-state index in [1.807, 2.05) is 31.2 Å². The molecule has 156 valence electrons. The third kappa shape index (κ3) is 5.79. The Labute approximate surface area is 179 Å². The highest BCUT2D eigenvalue weighted by atomic mass is 79.9. The van der Waals surface area contributed by atoms with Crippen molar-refractivity contribution in [3.8, 4) is 5.75 Å². The third-order valence-electron chi connectivity index (χ3n) is 4.55. The van der Waals surface area contributed by atoms with Crippen molar-refractivity contribution in [2.45, 2.75) is 17.9 Å². The largest absolute Gasteiger partial charge is 0.484 e. The zero-order chi connectivity index (χ0) is 20.9. The van der Waals surface area contributed by atoms with E-state index in [-0.39, 0.29) is 23.5 Å². The maximum atomic E-state index is 12.6. The molecule has 0 aromatic heterocycles. The van der Waals surface area contributed by atoms with Gasteiger partial charge in [0, 0.05) is 17.6 Å². The Balaban J connectivity index is 1.53. The van der Waals surface area contributed by atoms with E-state index in [2.05, 4.69) is 21.2 Å². The molecule has 2 aromatic rings. The van der Waals surface area contributed by atoms with Crippen molar-refractivity contribution in [2.75, 3.05) is 32.9 Å². The van der Waals surface area contributed by atoms with Gasteiger partial charge in [-0.1, -0.05) is 28.1 Å². The van der Waals surface area contributed by atoms with Crippen LogP contribution < -0.4 is 10.1 Å². The van der Waals surface area contributed by atoms with Crippen LogP contribution >= 0.6 is 15.9 Å². The zero-order valence-electron chi connectivity index (χ0n) is 16.0. The van der Waals surface area contributed by atoms with E-state index in [1.54, 1.807) is 12.1 Å². The molecule has 2 aromatic carbocycles. The van der Waals surface area contributed by atoms with Gasteiger partial charge in [0.25, 0.3) is 5.91 Å². The summed E-state index contributed by atoms with van der Waals surface area (Å²) >= 11 is 3.38. The monoisotopic (exact) mass is 482 g/mol.